The van der Waals surface area contributed by atoms with Crippen LogP contribution in [0.3, 0.4) is 0 Å². The molecule has 35 heavy (non-hydrogen) atoms. The van der Waals surface area contributed by atoms with E-state index in [4.69, 9.17) is 16.3 Å². The van der Waals surface area contributed by atoms with Gasteiger partial charge >= 0.3 is 0 Å². The van der Waals surface area contributed by atoms with Crippen molar-refractivity contribution in [3.63, 3.8) is 0 Å². The highest BCUT2D eigenvalue weighted by Gasteiger charge is 2.27. The van der Waals surface area contributed by atoms with Crippen molar-refractivity contribution < 1.29 is 17.9 Å². The van der Waals surface area contributed by atoms with Gasteiger partial charge in [-0.2, -0.15) is 11.8 Å². The van der Waals surface area contributed by atoms with E-state index in [1.54, 1.807) is 54.2 Å². The summed E-state index contributed by atoms with van der Waals surface area (Å²) in [6.07, 6.45) is 0.776. The number of hydrogen-bond acceptors (Lipinski definition) is 5. The number of benzene rings is 3. The first-order valence-corrected chi connectivity index (χ1v) is 14.3. The van der Waals surface area contributed by atoms with Crippen molar-refractivity contribution >= 4 is 45.0 Å². The molecule has 0 bridgehead atoms. The number of anilines is 1. The van der Waals surface area contributed by atoms with Crippen molar-refractivity contribution in [1.29, 1.82) is 0 Å². The van der Waals surface area contributed by atoms with Gasteiger partial charge in [-0.15, -0.1) is 0 Å². The van der Waals surface area contributed by atoms with Gasteiger partial charge in [0.05, 0.1) is 17.2 Å². The lowest BCUT2D eigenvalue weighted by molar-refractivity contribution is -0.119. The molecule has 1 amide bonds. The summed E-state index contributed by atoms with van der Waals surface area (Å²) >= 11 is 7.68. The Bertz CT molecular complexity index is 1170. The van der Waals surface area contributed by atoms with Crippen LogP contribution in [0.5, 0.6) is 5.75 Å². The molecule has 186 valence electrons. The molecule has 0 aromatic heterocycles. The maximum absolute atomic E-state index is 13.4. The van der Waals surface area contributed by atoms with Crippen LogP contribution in [0.25, 0.3) is 0 Å². The predicted molar refractivity (Wildman–Crippen MR) is 144 cm³/mol. The van der Waals surface area contributed by atoms with E-state index < -0.39 is 10.0 Å². The molecule has 0 unspecified atom stereocenters. The molecule has 3 aromatic carbocycles. The highest BCUT2D eigenvalue weighted by Crippen LogP contribution is 2.25. The Morgan fingerprint density at radius 1 is 1.00 bits per heavy atom. The van der Waals surface area contributed by atoms with E-state index in [0.717, 1.165) is 27.3 Å². The number of nitrogens with zero attached hydrogens (tertiary/aromatic N) is 1. The van der Waals surface area contributed by atoms with Gasteiger partial charge in [0, 0.05) is 17.3 Å². The zero-order valence-electron chi connectivity index (χ0n) is 19.5. The topological polar surface area (TPSA) is 75.7 Å². The smallest absolute Gasteiger partial charge is 0.264 e. The highest BCUT2D eigenvalue weighted by atomic mass is 35.5. The molecule has 0 spiro atoms. The van der Waals surface area contributed by atoms with Crippen LogP contribution in [0.4, 0.5) is 5.69 Å². The standard InChI is InChI=1S/C26H29ClN2O4S2/c1-2-33-24-15-13-23(14-16-24)29(35(31,32)25-7-4-3-5-8-25)19-26(30)28-17-6-18-34-20-21-9-11-22(27)12-10-21/h3-5,7-16H,2,6,17-20H2,1H3,(H,28,30). The molecule has 0 aliphatic heterocycles. The van der Waals surface area contributed by atoms with E-state index >= 15 is 0 Å². The third-order valence-electron chi connectivity index (χ3n) is 5.02. The number of thioether (sulfide) groups is 1. The fraction of sp³-hybridized carbons (Fsp3) is 0.269. The van der Waals surface area contributed by atoms with Crippen LogP contribution < -0.4 is 14.4 Å². The van der Waals surface area contributed by atoms with Crippen molar-refractivity contribution in [2.75, 3.05) is 29.8 Å². The van der Waals surface area contributed by atoms with Gasteiger partial charge < -0.3 is 10.1 Å². The zero-order chi connectivity index (χ0) is 25.1. The minimum Gasteiger partial charge on any atom is -0.494 e. The van der Waals surface area contributed by atoms with E-state index in [9.17, 15) is 13.2 Å². The molecule has 0 atom stereocenters. The number of rotatable bonds is 13. The first-order chi connectivity index (χ1) is 16.9. The number of carbonyl (C=O) groups excluding carboxylic acids is 1. The van der Waals surface area contributed by atoms with Crippen molar-refractivity contribution in [3.8, 4) is 5.75 Å². The third kappa shape index (κ3) is 8.19. The number of amides is 1. The van der Waals surface area contributed by atoms with Gasteiger partial charge in [0.1, 0.15) is 12.3 Å². The summed E-state index contributed by atoms with van der Waals surface area (Å²) in [5.41, 5.74) is 1.59. The lowest BCUT2D eigenvalue weighted by atomic mass is 10.2. The van der Waals surface area contributed by atoms with Gasteiger partial charge in [-0.3, -0.25) is 9.10 Å². The number of sulfonamides is 1. The van der Waals surface area contributed by atoms with E-state index in [1.165, 1.54) is 17.7 Å². The van der Waals surface area contributed by atoms with Crippen LogP contribution in [0, 0.1) is 0 Å². The summed E-state index contributed by atoms with van der Waals surface area (Å²) in [5.74, 6) is 2.01. The summed E-state index contributed by atoms with van der Waals surface area (Å²) in [5, 5.41) is 3.56. The van der Waals surface area contributed by atoms with Crippen LogP contribution >= 0.6 is 23.4 Å². The van der Waals surface area contributed by atoms with E-state index in [2.05, 4.69) is 5.32 Å². The minimum atomic E-state index is -3.93. The summed E-state index contributed by atoms with van der Waals surface area (Å²) in [7, 11) is -3.93. The average Bonchev–Trinajstić information content (AvgIpc) is 2.87. The number of hydrogen-bond donors (Lipinski definition) is 1. The Kier molecular flexibility index (Phi) is 10.3. The molecule has 1 N–H and O–H groups in total. The van der Waals surface area contributed by atoms with Gasteiger partial charge in [0.25, 0.3) is 10.0 Å². The van der Waals surface area contributed by atoms with Crippen LogP contribution in [0.2, 0.25) is 5.02 Å². The van der Waals surface area contributed by atoms with Crippen LogP contribution in [-0.2, 0) is 20.6 Å². The second-order valence-corrected chi connectivity index (χ2v) is 11.0. The molecule has 0 aliphatic rings. The van der Waals surface area contributed by atoms with Crippen LogP contribution in [0.1, 0.15) is 18.9 Å². The SMILES string of the molecule is CCOc1ccc(N(CC(=O)NCCCSCc2ccc(Cl)cc2)S(=O)(=O)c2ccccc2)cc1. The van der Waals surface area contributed by atoms with E-state index in [1.807, 2.05) is 31.2 Å². The summed E-state index contributed by atoms with van der Waals surface area (Å²) in [4.78, 5) is 12.8. The Hall–Kier alpha value is -2.68. The average molecular weight is 533 g/mol. The Balaban J connectivity index is 1.58. The summed E-state index contributed by atoms with van der Waals surface area (Å²) < 4.78 is 33.3. The number of ether oxygens (including phenoxy) is 1. The van der Waals surface area contributed by atoms with Gasteiger partial charge in [0.2, 0.25) is 5.91 Å². The number of nitrogens with one attached hydrogen (secondary N) is 1. The maximum Gasteiger partial charge on any atom is 0.264 e. The molecule has 0 radical (unpaired) electrons. The minimum absolute atomic E-state index is 0.125. The zero-order valence-corrected chi connectivity index (χ0v) is 21.9. The molecular weight excluding hydrogens is 504 g/mol. The molecule has 9 heteroatoms. The van der Waals surface area contributed by atoms with Crippen molar-refractivity contribution in [2.45, 2.75) is 24.0 Å². The fourth-order valence-electron chi connectivity index (χ4n) is 3.27. The monoisotopic (exact) mass is 532 g/mol. The Labute approximate surface area is 216 Å². The van der Waals surface area contributed by atoms with E-state index in [0.29, 0.717) is 24.6 Å². The largest absolute Gasteiger partial charge is 0.494 e. The second-order valence-electron chi connectivity index (χ2n) is 7.63. The second kappa shape index (κ2) is 13.4. The number of halogens is 1. The first kappa shape index (κ1) is 26.9. The molecule has 0 aliphatic carbocycles. The lowest BCUT2D eigenvalue weighted by Crippen LogP contribution is -2.41. The lowest BCUT2D eigenvalue weighted by Gasteiger charge is -2.24. The summed E-state index contributed by atoms with van der Waals surface area (Å²) in [6.45, 7) is 2.53. The van der Waals surface area contributed by atoms with Crippen molar-refractivity contribution in [3.05, 3.63) is 89.4 Å². The molecule has 3 aromatic rings. The predicted octanol–water partition coefficient (Wildman–Crippen LogP) is 5.37. The Morgan fingerprint density at radius 3 is 2.34 bits per heavy atom. The van der Waals surface area contributed by atoms with E-state index in [-0.39, 0.29) is 17.3 Å². The van der Waals surface area contributed by atoms with Crippen LogP contribution in [-0.4, -0.2) is 39.8 Å². The van der Waals surface area contributed by atoms with Gasteiger partial charge in [-0.05, 0) is 73.2 Å². The molecule has 0 fully saturated rings. The highest BCUT2D eigenvalue weighted by molar-refractivity contribution is 7.98. The molecule has 3 rings (SSSR count). The molecule has 0 heterocycles. The molecular formula is C26H29ClN2O4S2. The maximum atomic E-state index is 13.4. The van der Waals surface area contributed by atoms with Gasteiger partial charge in [-0.25, -0.2) is 8.42 Å². The quantitative estimate of drug-likeness (QED) is 0.299. The number of carbonyl (C=O) groups is 1. The third-order valence-corrected chi connectivity index (χ3v) is 8.18. The normalized spacial score (nSPS) is 11.1. The molecule has 0 saturated carbocycles. The molecule has 0 saturated heterocycles. The van der Waals surface area contributed by atoms with Crippen molar-refractivity contribution in [1.82, 2.24) is 5.32 Å². The van der Waals surface area contributed by atoms with Gasteiger partial charge in [-0.1, -0.05) is 41.9 Å². The molecule has 6 nitrogen and oxygen atoms in total. The van der Waals surface area contributed by atoms with Gasteiger partial charge in [0.15, 0.2) is 0 Å². The Morgan fingerprint density at radius 2 is 1.69 bits per heavy atom. The fourth-order valence-corrected chi connectivity index (χ4v) is 5.76. The summed E-state index contributed by atoms with van der Waals surface area (Å²) in [6, 6.07) is 22.5. The first-order valence-electron chi connectivity index (χ1n) is 11.3. The van der Waals surface area contributed by atoms with Crippen molar-refractivity contribution in [2.24, 2.45) is 0 Å². The van der Waals surface area contributed by atoms with Crippen LogP contribution in [0.15, 0.2) is 83.8 Å².